The van der Waals surface area contributed by atoms with Crippen LogP contribution in [0.15, 0.2) is 78.9 Å². The number of aryl methyl sites for hydroxylation is 1. The van der Waals surface area contributed by atoms with Crippen LogP contribution in [0.5, 0.6) is 0 Å². The second kappa shape index (κ2) is 10.5. The summed E-state index contributed by atoms with van der Waals surface area (Å²) in [5.74, 6) is -0.901. The fraction of sp³-hybridized carbons (Fsp3) is 0.231. The molecule has 3 rings (SSSR count). The van der Waals surface area contributed by atoms with Crippen molar-refractivity contribution >= 4 is 11.8 Å². The van der Waals surface area contributed by atoms with Crippen LogP contribution >= 0.6 is 0 Å². The Labute approximate surface area is 182 Å². The predicted molar refractivity (Wildman–Crippen MR) is 120 cm³/mol. The Morgan fingerprint density at radius 1 is 0.935 bits per heavy atom. The van der Waals surface area contributed by atoms with Crippen LogP contribution in [0.4, 0.5) is 4.39 Å². The molecule has 3 aromatic carbocycles. The fourth-order valence-corrected chi connectivity index (χ4v) is 3.63. The minimum Gasteiger partial charge on any atom is -0.357 e. The van der Waals surface area contributed by atoms with Gasteiger partial charge in [0, 0.05) is 25.6 Å². The molecular formula is C26H27FN2O2. The molecule has 1 atom stereocenters. The first-order valence-corrected chi connectivity index (χ1v) is 10.3. The van der Waals surface area contributed by atoms with Gasteiger partial charge in [0.1, 0.15) is 11.9 Å². The maximum absolute atomic E-state index is 14.4. The maximum atomic E-state index is 14.4. The smallest absolute Gasteiger partial charge is 0.242 e. The predicted octanol–water partition coefficient (Wildman–Crippen LogP) is 4.06. The average Bonchev–Trinajstić information content (AvgIpc) is 2.77. The molecule has 0 spiro atoms. The monoisotopic (exact) mass is 418 g/mol. The zero-order valence-electron chi connectivity index (χ0n) is 17.8. The first-order valence-electron chi connectivity index (χ1n) is 10.3. The molecule has 31 heavy (non-hydrogen) atoms. The van der Waals surface area contributed by atoms with E-state index in [0.29, 0.717) is 12.0 Å². The molecule has 0 saturated heterocycles. The van der Waals surface area contributed by atoms with Gasteiger partial charge in [-0.3, -0.25) is 9.59 Å². The normalized spacial score (nSPS) is 11.6. The Bertz CT molecular complexity index is 1040. The molecule has 3 aromatic rings. The number of halogens is 1. The molecule has 0 aliphatic carbocycles. The Morgan fingerprint density at radius 3 is 2.29 bits per heavy atom. The molecule has 0 heterocycles. The molecular weight excluding hydrogens is 391 g/mol. The lowest BCUT2D eigenvalue weighted by Crippen LogP contribution is -2.50. The van der Waals surface area contributed by atoms with Crippen LogP contribution in [0.3, 0.4) is 0 Å². The highest BCUT2D eigenvalue weighted by molar-refractivity contribution is 5.88. The standard InChI is InChI=1S/C26H27FN2O2/c1-19-9-8-12-21(15-19)17-25(30)29(18-22-13-6-7-14-23(22)27)24(26(31)28-2)16-20-10-4-3-5-11-20/h3-15,24H,16-18H2,1-2H3,(H,28,31)/t24-/m0/s1. The van der Waals surface area contributed by atoms with Gasteiger partial charge < -0.3 is 10.2 Å². The molecule has 2 amide bonds. The van der Waals surface area contributed by atoms with Crippen molar-refractivity contribution in [3.05, 3.63) is 107 Å². The SMILES string of the molecule is CNC(=O)[C@H](Cc1ccccc1)N(Cc1ccccc1F)C(=O)Cc1cccc(C)c1. The van der Waals surface area contributed by atoms with Crippen LogP contribution in [0.2, 0.25) is 0 Å². The molecule has 0 bridgehead atoms. The number of hydrogen-bond acceptors (Lipinski definition) is 2. The molecule has 0 unspecified atom stereocenters. The van der Waals surface area contributed by atoms with Crippen LogP contribution < -0.4 is 5.32 Å². The van der Waals surface area contributed by atoms with Crippen LogP contribution in [-0.4, -0.2) is 29.8 Å². The third kappa shape index (κ3) is 6.01. The van der Waals surface area contributed by atoms with Gasteiger partial charge in [-0.1, -0.05) is 78.4 Å². The summed E-state index contributed by atoms with van der Waals surface area (Å²) >= 11 is 0. The van der Waals surface area contributed by atoms with Crippen LogP contribution in [0, 0.1) is 12.7 Å². The van der Waals surface area contributed by atoms with Gasteiger partial charge in [-0.05, 0) is 24.1 Å². The van der Waals surface area contributed by atoms with Gasteiger partial charge in [0.2, 0.25) is 11.8 Å². The van der Waals surface area contributed by atoms with Crippen molar-refractivity contribution < 1.29 is 14.0 Å². The van der Waals surface area contributed by atoms with E-state index in [1.807, 2.05) is 61.5 Å². The van der Waals surface area contributed by atoms with E-state index in [4.69, 9.17) is 0 Å². The molecule has 0 fully saturated rings. The quantitative estimate of drug-likeness (QED) is 0.600. The summed E-state index contributed by atoms with van der Waals surface area (Å²) < 4.78 is 14.4. The maximum Gasteiger partial charge on any atom is 0.242 e. The molecule has 5 heteroatoms. The van der Waals surface area contributed by atoms with Gasteiger partial charge in [-0.2, -0.15) is 0 Å². The number of hydrogen-bond donors (Lipinski definition) is 1. The number of carbonyl (C=O) groups excluding carboxylic acids is 2. The number of amides is 2. The highest BCUT2D eigenvalue weighted by Crippen LogP contribution is 2.18. The lowest BCUT2D eigenvalue weighted by Gasteiger charge is -2.31. The Balaban J connectivity index is 1.95. The molecule has 1 N–H and O–H groups in total. The van der Waals surface area contributed by atoms with E-state index in [1.54, 1.807) is 25.2 Å². The van der Waals surface area contributed by atoms with Crippen LogP contribution in [-0.2, 0) is 29.0 Å². The lowest BCUT2D eigenvalue weighted by molar-refractivity contribution is -0.140. The molecule has 0 aromatic heterocycles. The lowest BCUT2D eigenvalue weighted by atomic mass is 10.0. The largest absolute Gasteiger partial charge is 0.357 e. The summed E-state index contributed by atoms with van der Waals surface area (Å²) in [6.07, 6.45) is 0.479. The van der Waals surface area contributed by atoms with E-state index in [-0.39, 0.29) is 24.8 Å². The van der Waals surface area contributed by atoms with Gasteiger partial charge >= 0.3 is 0 Å². The molecule has 0 aliphatic heterocycles. The van der Waals surface area contributed by atoms with Crippen molar-refractivity contribution in [2.45, 2.75) is 32.4 Å². The van der Waals surface area contributed by atoms with Crippen molar-refractivity contribution in [3.63, 3.8) is 0 Å². The zero-order chi connectivity index (χ0) is 22.2. The van der Waals surface area contributed by atoms with Crippen LogP contribution in [0.1, 0.15) is 22.3 Å². The van der Waals surface area contributed by atoms with E-state index in [1.165, 1.54) is 11.0 Å². The number of benzene rings is 3. The van der Waals surface area contributed by atoms with Crippen molar-refractivity contribution in [2.24, 2.45) is 0 Å². The molecule has 0 radical (unpaired) electrons. The highest BCUT2D eigenvalue weighted by Gasteiger charge is 2.30. The number of carbonyl (C=O) groups is 2. The number of nitrogens with one attached hydrogen (secondary N) is 1. The zero-order valence-corrected chi connectivity index (χ0v) is 17.8. The number of likely N-dealkylation sites (N-methyl/N-ethyl adjacent to an activating group) is 1. The second-order valence-corrected chi connectivity index (χ2v) is 7.60. The van der Waals surface area contributed by atoms with E-state index in [2.05, 4.69) is 5.32 Å². The second-order valence-electron chi connectivity index (χ2n) is 7.60. The van der Waals surface area contributed by atoms with Gasteiger partial charge in [-0.25, -0.2) is 4.39 Å². The van der Waals surface area contributed by atoms with Crippen LogP contribution in [0.25, 0.3) is 0 Å². The molecule has 0 aliphatic rings. The van der Waals surface area contributed by atoms with Crippen molar-refractivity contribution in [2.75, 3.05) is 7.05 Å². The summed E-state index contributed by atoms with van der Waals surface area (Å²) in [6, 6.07) is 22.8. The topological polar surface area (TPSA) is 49.4 Å². The van der Waals surface area contributed by atoms with E-state index >= 15 is 0 Å². The summed E-state index contributed by atoms with van der Waals surface area (Å²) in [5.41, 5.74) is 3.22. The Kier molecular flexibility index (Phi) is 7.55. The summed E-state index contributed by atoms with van der Waals surface area (Å²) in [6.45, 7) is 1.98. The summed E-state index contributed by atoms with van der Waals surface area (Å²) in [4.78, 5) is 27.8. The minimum atomic E-state index is -0.760. The molecule has 160 valence electrons. The van der Waals surface area contributed by atoms with Crippen molar-refractivity contribution in [1.29, 1.82) is 0 Å². The van der Waals surface area contributed by atoms with Gasteiger partial charge in [0.15, 0.2) is 0 Å². The van der Waals surface area contributed by atoms with E-state index in [0.717, 1.165) is 16.7 Å². The first-order chi connectivity index (χ1) is 15.0. The highest BCUT2D eigenvalue weighted by atomic mass is 19.1. The van der Waals surface area contributed by atoms with Crippen molar-refractivity contribution in [1.82, 2.24) is 10.2 Å². The van der Waals surface area contributed by atoms with E-state index < -0.39 is 11.9 Å². The molecule has 0 saturated carbocycles. The first kappa shape index (κ1) is 22.2. The van der Waals surface area contributed by atoms with Gasteiger partial charge in [0.25, 0.3) is 0 Å². The average molecular weight is 419 g/mol. The number of rotatable bonds is 8. The third-order valence-corrected chi connectivity index (χ3v) is 5.25. The van der Waals surface area contributed by atoms with Crippen molar-refractivity contribution in [3.8, 4) is 0 Å². The minimum absolute atomic E-state index is 0.0161. The Morgan fingerprint density at radius 2 is 1.61 bits per heavy atom. The fourth-order valence-electron chi connectivity index (χ4n) is 3.63. The Hall–Kier alpha value is -3.47. The van der Waals surface area contributed by atoms with Gasteiger partial charge in [0.05, 0.1) is 6.42 Å². The number of nitrogens with zero attached hydrogens (tertiary/aromatic N) is 1. The summed E-state index contributed by atoms with van der Waals surface area (Å²) in [7, 11) is 1.55. The summed E-state index contributed by atoms with van der Waals surface area (Å²) in [5, 5.41) is 2.67. The third-order valence-electron chi connectivity index (χ3n) is 5.25. The van der Waals surface area contributed by atoms with E-state index in [9.17, 15) is 14.0 Å². The van der Waals surface area contributed by atoms with Gasteiger partial charge in [-0.15, -0.1) is 0 Å². The molecule has 4 nitrogen and oxygen atoms in total.